The molecule has 118 valence electrons. The van der Waals surface area contributed by atoms with Crippen molar-refractivity contribution < 1.29 is 8.42 Å². The first kappa shape index (κ1) is 15.7. The van der Waals surface area contributed by atoms with Crippen LogP contribution in [0.5, 0.6) is 0 Å². The smallest absolute Gasteiger partial charge is 0.243 e. The Bertz CT molecular complexity index is 755. The van der Waals surface area contributed by atoms with Crippen LogP contribution in [-0.4, -0.2) is 30.8 Å². The number of aromatic nitrogens is 1. The zero-order chi connectivity index (χ0) is 15.6. The molecule has 1 aromatic heterocycles. The van der Waals surface area contributed by atoms with Crippen LogP contribution in [0.3, 0.4) is 0 Å². The van der Waals surface area contributed by atoms with Crippen molar-refractivity contribution in [2.24, 2.45) is 0 Å². The summed E-state index contributed by atoms with van der Waals surface area (Å²) in [5, 5.41) is 3.21. The molecule has 0 bridgehead atoms. The van der Waals surface area contributed by atoms with Crippen LogP contribution >= 0.6 is 22.9 Å². The van der Waals surface area contributed by atoms with Crippen LogP contribution in [0, 0.1) is 0 Å². The van der Waals surface area contributed by atoms with Crippen molar-refractivity contribution >= 4 is 38.6 Å². The van der Waals surface area contributed by atoms with Crippen molar-refractivity contribution in [1.29, 1.82) is 0 Å². The lowest BCUT2D eigenvalue weighted by atomic mass is 10.3. The maximum atomic E-state index is 12.5. The molecule has 1 aromatic carbocycles. The standard InChI is InChI=1S/C14H16ClN3O2S2/c15-14-17-10-12(21-14)9-16-11-4-3-5-13(8-11)22(19,20)18-6-1-2-7-18/h3-5,8,10,16H,1-2,6-7,9H2. The molecule has 0 amide bonds. The number of nitrogens with zero attached hydrogens (tertiary/aromatic N) is 2. The number of halogens is 1. The second-order valence-corrected chi connectivity index (χ2v) is 8.71. The average Bonchev–Trinajstić information content (AvgIpc) is 3.17. The predicted molar refractivity (Wildman–Crippen MR) is 88.9 cm³/mol. The molecule has 0 spiro atoms. The normalized spacial score (nSPS) is 16.0. The van der Waals surface area contributed by atoms with Gasteiger partial charge in [-0.3, -0.25) is 0 Å². The molecular formula is C14H16ClN3O2S2. The quantitative estimate of drug-likeness (QED) is 0.892. The fourth-order valence-electron chi connectivity index (χ4n) is 2.40. The van der Waals surface area contributed by atoms with E-state index in [1.54, 1.807) is 28.7 Å². The number of rotatable bonds is 5. The van der Waals surface area contributed by atoms with Gasteiger partial charge in [-0.15, -0.1) is 11.3 Å². The Balaban J connectivity index is 1.74. The Kier molecular flexibility index (Phi) is 4.67. The minimum absolute atomic E-state index is 0.335. The Morgan fingerprint density at radius 1 is 1.32 bits per heavy atom. The van der Waals surface area contributed by atoms with Crippen molar-refractivity contribution in [2.75, 3.05) is 18.4 Å². The predicted octanol–water partition coefficient (Wildman–Crippen LogP) is 3.19. The van der Waals surface area contributed by atoms with Gasteiger partial charge in [0.15, 0.2) is 4.47 Å². The van der Waals surface area contributed by atoms with E-state index in [1.165, 1.54) is 11.3 Å². The Hall–Kier alpha value is -1.15. The Morgan fingerprint density at radius 3 is 2.77 bits per heavy atom. The molecule has 2 heterocycles. The monoisotopic (exact) mass is 357 g/mol. The third-order valence-corrected chi connectivity index (χ3v) is 6.54. The number of hydrogen-bond donors (Lipinski definition) is 1. The van der Waals surface area contributed by atoms with E-state index in [9.17, 15) is 8.42 Å². The van der Waals surface area contributed by atoms with E-state index >= 15 is 0 Å². The van der Waals surface area contributed by atoms with Crippen LogP contribution < -0.4 is 5.32 Å². The Labute approximate surface area is 139 Å². The Morgan fingerprint density at radius 2 is 2.09 bits per heavy atom. The van der Waals surface area contributed by atoms with Gasteiger partial charge < -0.3 is 5.32 Å². The van der Waals surface area contributed by atoms with E-state index in [4.69, 9.17) is 11.6 Å². The molecule has 22 heavy (non-hydrogen) atoms. The first-order chi connectivity index (χ1) is 10.6. The third kappa shape index (κ3) is 3.43. The lowest BCUT2D eigenvalue weighted by Gasteiger charge is -2.16. The first-order valence-electron chi connectivity index (χ1n) is 7.00. The molecule has 0 atom stereocenters. The molecule has 0 unspecified atom stereocenters. The van der Waals surface area contributed by atoms with Crippen LogP contribution in [0.4, 0.5) is 5.69 Å². The van der Waals surface area contributed by atoms with E-state index in [1.807, 2.05) is 6.07 Å². The van der Waals surface area contributed by atoms with Crippen molar-refractivity contribution in [3.63, 3.8) is 0 Å². The molecule has 1 N–H and O–H groups in total. The third-order valence-electron chi connectivity index (χ3n) is 3.53. The van der Waals surface area contributed by atoms with Crippen LogP contribution in [0.1, 0.15) is 17.7 Å². The molecule has 5 nitrogen and oxygen atoms in total. The second-order valence-electron chi connectivity index (χ2n) is 5.07. The highest BCUT2D eigenvalue weighted by molar-refractivity contribution is 7.89. The lowest BCUT2D eigenvalue weighted by Crippen LogP contribution is -2.27. The maximum absolute atomic E-state index is 12.5. The average molecular weight is 358 g/mol. The minimum atomic E-state index is -3.38. The zero-order valence-electron chi connectivity index (χ0n) is 11.8. The van der Waals surface area contributed by atoms with E-state index < -0.39 is 10.0 Å². The molecule has 2 aromatic rings. The largest absolute Gasteiger partial charge is 0.380 e. The SMILES string of the molecule is O=S(=O)(c1cccc(NCc2cnc(Cl)s2)c1)N1CCCC1. The van der Waals surface area contributed by atoms with Gasteiger partial charge in [0.2, 0.25) is 10.0 Å². The number of thiazole rings is 1. The maximum Gasteiger partial charge on any atom is 0.243 e. The molecule has 0 saturated carbocycles. The van der Waals surface area contributed by atoms with Crippen molar-refractivity contribution in [2.45, 2.75) is 24.3 Å². The van der Waals surface area contributed by atoms with Crippen LogP contribution in [0.25, 0.3) is 0 Å². The summed E-state index contributed by atoms with van der Waals surface area (Å²) in [5.41, 5.74) is 0.768. The second kappa shape index (κ2) is 6.54. The van der Waals surface area contributed by atoms with Crippen molar-refractivity contribution in [3.8, 4) is 0 Å². The van der Waals surface area contributed by atoms with Crippen LogP contribution in [0.15, 0.2) is 35.4 Å². The molecule has 1 saturated heterocycles. The van der Waals surface area contributed by atoms with E-state index in [0.29, 0.717) is 29.0 Å². The van der Waals surface area contributed by atoms with Gasteiger partial charge in [0.1, 0.15) is 0 Å². The molecule has 1 aliphatic rings. The molecule has 0 aliphatic carbocycles. The molecule has 8 heteroatoms. The first-order valence-corrected chi connectivity index (χ1v) is 9.63. The minimum Gasteiger partial charge on any atom is -0.380 e. The van der Waals surface area contributed by atoms with Gasteiger partial charge in [-0.1, -0.05) is 17.7 Å². The molecule has 3 rings (SSSR count). The number of hydrogen-bond acceptors (Lipinski definition) is 5. The molecule has 1 aliphatic heterocycles. The molecule has 0 radical (unpaired) electrons. The van der Waals surface area contributed by atoms with E-state index in [-0.39, 0.29) is 0 Å². The number of nitrogens with one attached hydrogen (secondary N) is 1. The van der Waals surface area contributed by atoms with Gasteiger partial charge in [-0.25, -0.2) is 13.4 Å². The number of sulfonamides is 1. The van der Waals surface area contributed by atoms with Crippen LogP contribution in [0.2, 0.25) is 4.47 Å². The number of anilines is 1. The van der Waals surface area contributed by atoms with Gasteiger partial charge in [0.05, 0.1) is 11.4 Å². The number of benzene rings is 1. The summed E-state index contributed by atoms with van der Waals surface area (Å²) in [7, 11) is -3.38. The van der Waals surface area contributed by atoms with E-state index in [0.717, 1.165) is 23.4 Å². The zero-order valence-corrected chi connectivity index (χ0v) is 14.2. The summed E-state index contributed by atoms with van der Waals surface area (Å²) in [4.78, 5) is 5.31. The fraction of sp³-hybridized carbons (Fsp3) is 0.357. The molecular weight excluding hydrogens is 342 g/mol. The highest BCUT2D eigenvalue weighted by Gasteiger charge is 2.27. The van der Waals surface area contributed by atoms with Gasteiger partial charge in [-0.05, 0) is 31.0 Å². The fourth-order valence-corrected chi connectivity index (χ4v) is 4.88. The van der Waals surface area contributed by atoms with Crippen molar-refractivity contribution in [1.82, 2.24) is 9.29 Å². The van der Waals surface area contributed by atoms with Gasteiger partial charge >= 0.3 is 0 Å². The highest BCUT2D eigenvalue weighted by Crippen LogP contribution is 2.24. The topological polar surface area (TPSA) is 62.3 Å². The van der Waals surface area contributed by atoms with Gasteiger partial charge in [-0.2, -0.15) is 4.31 Å². The molecule has 1 fully saturated rings. The summed E-state index contributed by atoms with van der Waals surface area (Å²) < 4.78 is 27.1. The summed E-state index contributed by atoms with van der Waals surface area (Å²) in [6.07, 6.45) is 3.58. The van der Waals surface area contributed by atoms with Crippen molar-refractivity contribution in [3.05, 3.63) is 39.8 Å². The van der Waals surface area contributed by atoms with E-state index in [2.05, 4.69) is 10.3 Å². The summed E-state index contributed by atoms with van der Waals surface area (Å²) >= 11 is 7.20. The summed E-state index contributed by atoms with van der Waals surface area (Å²) in [5.74, 6) is 0. The highest BCUT2D eigenvalue weighted by atomic mass is 35.5. The summed E-state index contributed by atoms with van der Waals surface area (Å²) in [6.45, 7) is 1.79. The van der Waals surface area contributed by atoms with Crippen LogP contribution in [-0.2, 0) is 16.6 Å². The summed E-state index contributed by atoms with van der Waals surface area (Å²) in [6, 6.07) is 6.93. The lowest BCUT2D eigenvalue weighted by molar-refractivity contribution is 0.477. The van der Waals surface area contributed by atoms with Gasteiger partial charge in [0, 0.05) is 29.9 Å². The van der Waals surface area contributed by atoms with Gasteiger partial charge in [0.25, 0.3) is 0 Å².